The smallest absolute Gasteiger partial charge is 0.335 e. The lowest BCUT2D eigenvalue weighted by atomic mass is 9.78. The first kappa shape index (κ1) is 31.8. The molecule has 0 spiro atoms. The molecular formula is C38H43N3O4. The van der Waals surface area contributed by atoms with Crippen LogP contribution in [0.15, 0.2) is 72.0 Å². The van der Waals surface area contributed by atoms with Crippen molar-refractivity contribution in [1.29, 1.82) is 0 Å². The topological polar surface area (TPSA) is 88.6 Å². The van der Waals surface area contributed by atoms with Gasteiger partial charge in [0.05, 0.1) is 16.7 Å². The molecule has 45 heavy (non-hydrogen) atoms. The van der Waals surface area contributed by atoms with Gasteiger partial charge in [-0.25, -0.2) is 4.79 Å². The number of carbonyl (C=O) groups is 2. The van der Waals surface area contributed by atoms with Crippen LogP contribution in [0.5, 0.6) is 0 Å². The fourth-order valence-corrected chi connectivity index (χ4v) is 6.33. The van der Waals surface area contributed by atoms with E-state index in [1.165, 1.54) is 31.4 Å². The number of anilines is 1. The maximum atomic E-state index is 13.4. The quantitative estimate of drug-likeness (QED) is 0.186. The number of aromatic carboxylic acids is 1. The Hall–Kier alpha value is -4.65. The van der Waals surface area contributed by atoms with Crippen molar-refractivity contribution in [1.82, 2.24) is 4.57 Å². The zero-order valence-electron chi connectivity index (χ0n) is 27.2. The van der Waals surface area contributed by atoms with E-state index >= 15 is 0 Å². The molecule has 2 aromatic carbocycles. The first-order valence-corrected chi connectivity index (χ1v) is 15.9. The molecule has 1 aliphatic heterocycles. The molecule has 0 radical (unpaired) electrons. The summed E-state index contributed by atoms with van der Waals surface area (Å²) in [6.45, 7) is 10.5. The number of carboxylic acids is 1. The summed E-state index contributed by atoms with van der Waals surface area (Å²) in [5.41, 5.74) is 6.26. The molecule has 7 nitrogen and oxygen atoms in total. The second-order valence-corrected chi connectivity index (χ2v) is 12.5. The van der Waals surface area contributed by atoms with Crippen LogP contribution in [0.3, 0.4) is 0 Å². The van der Waals surface area contributed by atoms with E-state index in [-0.39, 0.29) is 28.3 Å². The van der Waals surface area contributed by atoms with Crippen LogP contribution in [0.25, 0.3) is 17.7 Å². The van der Waals surface area contributed by atoms with E-state index in [9.17, 15) is 19.8 Å². The van der Waals surface area contributed by atoms with Crippen LogP contribution >= 0.6 is 0 Å². The molecule has 1 N–H and O–H groups in total. The maximum absolute atomic E-state index is 13.4. The van der Waals surface area contributed by atoms with E-state index in [1.807, 2.05) is 61.4 Å². The fourth-order valence-electron chi connectivity index (χ4n) is 6.33. The fraction of sp³-hybridized carbons (Fsp3) is 0.342. The lowest BCUT2D eigenvalue weighted by Crippen LogP contribution is -2.33. The monoisotopic (exact) mass is 605 g/mol. The molecule has 0 saturated heterocycles. The SMILES string of the molecule is CCCCN(CCCC)c1ccc(/C=C/c2ccc(C3=C([O-])/C(=C\C4=[N+](C)c5ccc(C(=O)O)cc5C4(C)C)C3=O)n2C)cc1. The van der Waals surface area contributed by atoms with E-state index in [2.05, 4.69) is 43.0 Å². The van der Waals surface area contributed by atoms with Crippen LogP contribution in [-0.4, -0.2) is 51.9 Å². The van der Waals surface area contributed by atoms with Crippen molar-refractivity contribution in [2.45, 2.75) is 58.8 Å². The normalized spacial score (nSPS) is 16.6. The van der Waals surface area contributed by atoms with Crippen molar-refractivity contribution in [3.05, 3.63) is 100 Å². The van der Waals surface area contributed by atoms with Crippen molar-refractivity contribution >= 4 is 46.6 Å². The second-order valence-electron chi connectivity index (χ2n) is 12.5. The van der Waals surface area contributed by atoms with Crippen LogP contribution in [0.1, 0.15) is 86.3 Å². The third-order valence-electron chi connectivity index (χ3n) is 9.19. The zero-order valence-corrected chi connectivity index (χ0v) is 27.2. The van der Waals surface area contributed by atoms with E-state index in [0.717, 1.165) is 41.3 Å². The number of hydrogen-bond acceptors (Lipinski definition) is 4. The summed E-state index contributed by atoms with van der Waals surface area (Å²) in [5, 5.41) is 22.9. The molecular weight excluding hydrogens is 562 g/mol. The number of benzene rings is 2. The van der Waals surface area contributed by atoms with Gasteiger partial charge in [-0.3, -0.25) is 4.79 Å². The van der Waals surface area contributed by atoms with E-state index < -0.39 is 11.4 Å². The van der Waals surface area contributed by atoms with Gasteiger partial charge in [-0.2, -0.15) is 4.58 Å². The van der Waals surface area contributed by atoms with Gasteiger partial charge in [0.15, 0.2) is 11.5 Å². The van der Waals surface area contributed by atoms with Gasteiger partial charge in [-0.05, 0) is 74.7 Å². The van der Waals surface area contributed by atoms with Crippen LogP contribution in [0.2, 0.25) is 0 Å². The molecule has 3 aromatic rings. The third-order valence-corrected chi connectivity index (χ3v) is 9.19. The highest BCUT2D eigenvalue weighted by Gasteiger charge is 2.45. The summed E-state index contributed by atoms with van der Waals surface area (Å²) in [4.78, 5) is 27.4. The van der Waals surface area contributed by atoms with E-state index in [4.69, 9.17) is 0 Å². The number of hydrogen-bond donors (Lipinski definition) is 1. The Morgan fingerprint density at radius 1 is 1.00 bits per heavy atom. The average molecular weight is 606 g/mol. The lowest BCUT2D eigenvalue weighted by molar-refractivity contribution is -0.401. The number of unbranched alkanes of at least 4 members (excludes halogenated alkanes) is 2. The molecule has 0 atom stereocenters. The highest BCUT2D eigenvalue weighted by Crippen LogP contribution is 2.42. The summed E-state index contributed by atoms with van der Waals surface area (Å²) < 4.78 is 3.81. The largest absolute Gasteiger partial charge is 0.871 e. The van der Waals surface area contributed by atoms with Crippen LogP contribution in [0.4, 0.5) is 11.4 Å². The number of carbonyl (C=O) groups excluding carboxylic acids is 1. The van der Waals surface area contributed by atoms with E-state index in [1.54, 1.807) is 24.3 Å². The summed E-state index contributed by atoms with van der Waals surface area (Å²) in [7, 11) is 3.74. The highest BCUT2D eigenvalue weighted by atomic mass is 16.4. The second kappa shape index (κ2) is 12.8. The average Bonchev–Trinajstić information content (AvgIpc) is 3.47. The van der Waals surface area contributed by atoms with Gasteiger partial charge in [0.2, 0.25) is 5.69 Å². The molecule has 5 rings (SSSR count). The Morgan fingerprint density at radius 3 is 2.27 bits per heavy atom. The summed E-state index contributed by atoms with van der Waals surface area (Å²) in [6, 6.07) is 17.4. The molecule has 0 unspecified atom stereocenters. The van der Waals surface area contributed by atoms with Gasteiger partial charge < -0.3 is 19.7 Å². The number of fused-ring (bicyclic) bond motifs is 1. The number of Topliss-reactive ketones (excluding diaryl/α,β-unsaturated/α-hetero) is 1. The molecule has 2 aliphatic rings. The minimum atomic E-state index is -0.992. The van der Waals surface area contributed by atoms with Crippen molar-refractivity contribution in [2.75, 3.05) is 25.0 Å². The molecule has 2 heterocycles. The Kier molecular flexibility index (Phi) is 9.01. The molecule has 0 amide bonds. The van der Waals surface area contributed by atoms with Crippen LogP contribution in [-0.2, 0) is 17.3 Å². The predicted octanol–water partition coefficient (Wildman–Crippen LogP) is 6.59. The number of carboxylic acid groups (broad SMARTS) is 1. The first-order chi connectivity index (χ1) is 21.5. The van der Waals surface area contributed by atoms with Crippen LogP contribution in [0, 0.1) is 0 Å². The van der Waals surface area contributed by atoms with Crippen molar-refractivity contribution in [3.63, 3.8) is 0 Å². The van der Waals surface area contributed by atoms with Gasteiger partial charge in [0.25, 0.3) is 0 Å². The maximum Gasteiger partial charge on any atom is 0.335 e. The molecule has 1 aromatic heterocycles. The highest BCUT2D eigenvalue weighted by molar-refractivity contribution is 6.39. The van der Waals surface area contributed by atoms with Crippen LogP contribution < -0.4 is 10.0 Å². The standard InChI is InChI=1S/C38H43N3O4/c1-7-9-21-41(22-10-8-2)28-16-12-25(13-17-28)11-15-27-18-20-32(39(27)5)34-35(42)29(36(34)43)24-33-38(3,4)30-23-26(37(44)45)14-19-31(30)40(33)6/h11-20,23-24H,7-10,21-22H2,1-6H3,(H-,42,43,44,45). The van der Waals surface area contributed by atoms with Gasteiger partial charge >= 0.3 is 5.97 Å². The minimum Gasteiger partial charge on any atom is -0.871 e. The minimum absolute atomic E-state index is 0.150. The molecule has 0 bridgehead atoms. The van der Waals surface area contributed by atoms with Crippen molar-refractivity contribution in [2.24, 2.45) is 7.05 Å². The lowest BCUT2D eigenvalue weighted by Gasteiger charge is -2.31. The first-order valence-electron chi connectivity index (χ1n) is 15.9. The van der Waals surface area contributed by atoms with Gasteiger partial charge in [-0.1, -0.05) is 50.7 Å². The third kappa shape index (κ3) is 5.91. The Bertz CT molecular complexity index is 1760. The molecule has 0 fully saturated rings. The van der Waals surface area contributed by atoms with Gasteiger partial charge in [-0.15, -0.1) is 0 Å². The van der Waals surface area contributed by atoms with Gasteiger partial charge in [0, 0.05) is 60.4 Å². The summed E-state index contributed by atoms with van der Waals surface area (Å²) in [6.07, 6.45) is 10.4. The number of aromatic nitrogens is 1. The van der Waals surface area contributed by atoms with E-state index in [0.29, 0.717) is 5.69 Å². The predicted molar refractivity (Wildman–Crippen MR) is 180 cm³/mol. The van der Waals surface area contributed by atoms with Gasteiger partial charge in [0.1, 0.15) is 7.05 Å². The Morgan fingerprint density at radius 2 is 1.67 bits per heavy atom. The molecule has 1 aliphatic carbocycles. The summed E-state index contributed by atoms with van der Waals surface area (Å²) >= 11 is 0. The molecule has 7 heteroatoms. The Balaban J connectivity index is 1.35. The number of ketones is 1. The number of nitrogens with zero attached hydrogens (tertiary/aromatic N) is 3. The Labute approximate surface area is 266 Å². The van der Waals surface area contributed by atoms with Crippen molar-refractivity contribution < 1.29 is 24.4 Å². The molecule has 0 saturated carbocycles. The summed E-state index contributed by atoms with van der Waals surface area (Å²) in [5.74, 6) is -1.54. The molecule has 234 valence electrons. The zero-order chi connectivity index (χ0) is 32.5. The van der Waals surface area contributed by atoms with Crippen molar-refractivity contribution in [3.8, 4) is 0 Å². The number of allylic oxidation sites excluding steroid dienone is 3. The number of rotatable bonds is 12.